The molecule has 0 aromatic heterocycles. The lowest BCUT2D eigenvalue weighted by Crippen LogP contribution is -2.39. The first kappa shape index (κ1) is 22.0. The number of carbonyl (C=O) groups excluding carboxylic acids is 1. The van der Waals surface area contributed by atoms with Crippen molar-refractivity contribution in [2.75, 3.05) is 31.8 Å². The molecule has 0 atom stereocenters. The fraction of sp³-hybridized carbons (Fsp3) is 0.364. The Kier molecular flexibility index (Phi) is 7.96. The summed E-state index contributed by atoms with van der Waals surface area (Å²) in [5, 5.41) is 9.34. The molecule has 3 rings (SSSR count). The molecular formula is C22H27FN4O2S. The van der Waals surface area contributed by atoms with Crippen molar-refractivity contribution in [2.24, 2.45) is 4.99 Å². The van der Waals surface area contributed by atoms with Crippen LogP contribution in [0.1, 0.15) is 23.1 Å². The molecule has 8 heteroatoms. The number of aliphatic imine (C=N–C) groups is 1. The Hall–Kier alpha value is -2.74. The molecular weight excluding hydrogens is 403 g/mol. The van der Waals surface area contributed by atoms with Crippen LogP contribution in [0.2, 0.25) is 0 Å². The number of hydrogen-bond donors (Lipinski definition) is 3. The summed E-state index contributed by atoms with van der Waals surface area (Å²) in [6.45, 7) is 1.61. The minimum absolute atomic E-state index is 0.0560. The molecule has 0 saturated carbocycles. The van der Waals surface area contributed by atoms with Crippen molar-refractivity contribution >= 4 is 29.3 Å². The molecule has 2 aromatic rings. The number of hydrogen-bond acceptors (Lipinski definition) is 4. The van der Waals surface area contributed by atoms with Gasteiger partial charge in [0.05, 0.1) is 6.54 Å². The van der Waals surface area contributed by atoms with E-state index < -0.39 is 0 Å². The van der Waals surface area contributed by atoms with Crippen LogP contribution < -0.4 is 20.7 Å². The zero-order valence-corrected chi connectivity index (χ0v) is 18.1. The SMILES string of the molecule is CN=C(NCCOc1ccc2c(c1)CCC(=O)N2)NCc1ccc(F)cc1CSC. The lowest BCUT2D eigenvalue weighted by Gasteiger charge is -2.18. The molecule has 0 aliphatic carbocycles. The van der Waals surface area contributed by atoms with E-state index in [1.807, 2.05) is 30.5 Å². The zero-order valence-electron chi connectivity index (χ0n) is 17.3. The van der Waals surface area contributed by atoms with Crippen molar-refractivity contribution in [2.45, 2.75) is 25.1 Å². The fourth-order valence-corrected chi connectivity index (χ4v) is 3.82. The largest absolute Gasteiger partial charge is 0.492 e. The summed E-state index contributed by atoms with van der Waals surface area (Å²) in [5.41, 5.74) is 3.99. The quantitative estimate of drug-likeness (QED) is 0.340. The van der Waals surface area contributed by atoms with Crippen LogP contribution in [0.4, 0.5) is 10.1 Å². The molecule has 0 radical (unpaired) electrons. The van der Waals surface area contributed by atoms with Crippen LogP contribution in [0.15, 0.2) is 41.4 Å². The molecule has 1 amide bonds. The molecule has 1 aliphatic heterocycles. The van der Waals surface area contributed by atoms with Gasteiger partial charge in [-0.25, -0.2) is 4.39 Å². The van der Waals surface area contributed by atoms with Gasteiger partial charge in [0.15, 0.2) is 5.96 Å². The molecule has 1 heterocycles. The Morgan fingerprint density at radius 2 is 2.07 bits per heavy atom. The molecule has 2 aromatic carbocycles. The highest BCUT2D eigenvalue weighted by molar-refractivity contribution is 7.97. The predicted molar refractivity (Wildman–Crippen MR) is 121 cm³/mol. The first-order chi connectivity index (χ1) is 14.6. The van der Waals surface area contributed by atoms with Crippen LogP contribution in [-0.4, -0.2) is 38.3 Å². The first-order valence-electron chi connectivity index (χ1n) is 9.85. The molecule has 0 fully saturated rings. The molecule has 0 spiro atoms. The molecule has 0 bridgehead atoms. The monoisotopic (exact) mass is 430 g/mol. The van der Waals surface area contributed by atoms with Crippen molar-refractivity contribution < 1.29 is 13.9 Å². The van der Waals surface area contributed by atoms with E-state index in [2.05, 4.69) is 20.9 Å². The lowest BCUT2D eigenvalue weighted by molar-refractivity contribution is -0.116. The van der Waals surface area contributed by atoms with E-state index in [0.717, 1.165) is 40.3 Å². The van der Waals surface area contributed by atoms with Gasteiger partial charge in [-0.3, -0.25) is 9.79 Å². The molecule has 0 unspecified atom stereocenters. The second kappa shape index (κ2) is 10.9. The number of anilines is 1. The van der Waals surface area contributed by atoms with Crippen molar-refractivity contribution in [3.05, 3.63) is 58.9 Å². The van der Waals surface area contributed by atoms with Gasteiger partial charge in [0.1, 0.15) is 18.2 Å². The number of thioether (sulfide) groups is 1. The van der Waals surface area contributed by atoms with Gasteiger partial charge in [0.2, 0.25) is 5.91 Å². The van der Waals surface area contributed by atoms with E-state index in [0.29, 0.717) is 32.1 Å². The average Bonchev–Trinajstić information content (AvgIpc) is 2.74. The number of nitrogens with zero attached hydrogens (tertiary/aromatic N) is 1. The first-order valence-corrected chi connectivity index (χ1v) is 11.2. The van der Waals surface area contributed by atoms with E-state index in [1.54, 1.807) is 24.9 Å². The van der Waals surface area contributed by atoms with Crippen molar-refractivity contribution in [3.8, 4) is 5.75 Å². The summed E-state index contributed by atoms with van der Waals surface area (Å²) < 4.78 is 19.3. The van der Waals surface area contributed by atoms with Crippen LogP contribution in [0, 0.1) is 5.82 Å². The maximum absolute atomic E-state index is 13.5. The van der Waals surface area contributed by atoms with E-state index in [-0.39, 0.29) is 11.7 Å². The Balaban J connectivity index is 1.45. The van der Waals surface area contributed by atoms with Crippen LogP contribution in [0.5, 0.6) is 5.75 Å². The van der Waals surface area contributed by atoms with E-state index in [4.69, 9.17) is 4.74 Å². The van der Waals surface area contributed by atoms with E-state index in [1.165, 1.54) is 6.07 Å². The third kappa shape index (κ3) is 6.13. The summed E-state index contributed by atoms with van der Waals surface area (Å²) in [6.07, 6.45) is 3.24. The Morgan fingerprint density at radius 3 is 2.87 bits per heavy atom. The second-order valence-corrected chi connectivity index (χ2v) is 7.78. The third-order valence-corrected chi connectivity index (χ3v) is 5.37. The van der Waals surface area contributed by atoms with Crippen molar-refractivity contribution in [3.63, 3.8) is 0 Å². The second-order valence-electron chi connectivity index (χ2n) is 6.91. The molecule has 1 aliphatic rings. The summed E-state index contributed by atoms with van der Waals surface area (Å²) in [5.74, 6) is 2.04. The number of ether oxygens (including phenoxy) is 1. The third-order valence-electron chi connectivity index (χ3n) is 4.77. The Morgan fingerprint density at radius 1 is 1.20 bits per heavy atom. The molecule has 6 nitrogen and oxygen atoms in total. The molecule has 160 valence electrons. The van der Waals surface area contributed by atoms with Crippen molar-refractivity contribution in [1.29, 1.82) is 0 Å². The number of benzene rings is 2. The maximum Gasteiger partial charge on any atom is 0.224 e. The van der Waals surface area contributed by atoms with Gasteiger partial charge < -0.3 is 20.7 Å². The number of guanidine groups is 1. The fourth-order valence-electron chi connectivity index (χ4n) is 3.24. The minimum atomic E-state index is -0.216. The van der Waals surface area contributed by atoms with Crippen LogP contribution in [-0.2, 0) is 23.5 Å². The van der Waals surface area contributed by atoms with Gasteiger partial charge in [-0.2, -0.15) is 11.8 Å². The summed E-state index contributed by atoms with van der Waals surface area (Å²) in [4.78, 5) is 15.7. The predicted octanol–water partition coefficient (Wildman–Crippen LogP) is 3.32. The average molecular weight is 431 g/mol. The molecule has 0 saturated heterocycles. The molecule has 30 heavy (non-hydrogen) atoms. The van der Waals surface area contributed by atoms with Gasteiger partial charge >= 0.3 is 0 Å². The van der Waals surface area contributed by atoms with Gasteiger partial charge in [-0.1, -0.05) is 6.07 Å². The van der Waals surface area contributed by atoms with Gasteiger partial charge in [0.25, 0.3) is 0 Å². The van der Waals surface area contributed by atoms with E-state index >= 15 is 0 Å². The normalized spacial score (nSPS) is 13.4. The Labute approximate surface area is 180 Å². The standard InChI is InChI=1S/C22H27FN4O2S/c1-24-22(26-13-16-3-5-18(23)11-17(16)14-30-2)25-9-10-29-19-6-7-20-15(12-19)4-8-21(28)27-20/h3,5-7,11-12H,4,8-10,13-14H2,1-2H3,(H,27,28)(H2,24,25,26). The minimum Gasteiger partial charge on any atom is -0.492 e. The Bertz CT molecular complexity index is 920. The number of rotatable bonds is 8. The maximum atomic E-state index is 13.5. The van der Waals surface area contributed by atoms with Crippen LogP contribution in [0.3, 0.4) is 0 Å². The smallest absolute Gasteiger partial charge is 0.224 e. The topological polar surface area (TPSA) is 74.8 Å². The highest BCUT2D eigenvalue weighted by Gasteiger charge is 2.15. The van der Waals surface area contributed by atoms with Gasteiger partial charge in [-0.15, -0.1) is 0 Å². The van der Waals surface area contributed by atoms with Crippen LogP contribution >= 0.6 is 11.8 Å². The number of amides is 1. The van der Waals surface area contributed by atoms with Gasteiger partial charge in [0, 0.05) is 31.5 Å². The number of nitrogens with one attached hydrogen (secondary N) is 3. The number of halogens is 1. The summed E-state index contributed by atoms with van der Waals surface area (Å²) in [6, 6.07) is 10.6. The zero-order chi connectivity index (χ0) is 21.3. The number of carbonyl (C=O) groups is 1. The lowest BCUT2D eigenvalue weighted by atomic mass is 10.0. The van der Waals surface area contributed by atoms with Gasteiger partial charge in [-0.05, 0) is 59.7 Å². The number of fused-ring (bicyclic) bond motifs is 1. The van der Waals surface area contributed by atoms with E-state index in [9.17, 15) is 9.18 Å². The summed E-state index contributed by atoms with van der Waals surface area (Å²) in [7, 11) is 1.71. The molecule has 3 N–H and O–H groups in total. The number of aryl methyl sites for hydroxylation is 1. The van der Waals surface area contributed by atoms with Crippen LogP contribution in [0.25, 0.3) is 0 Å². The summed E-state index contributed by atoms with van der Waals surface area (Å²) >= 11 is 1.66. The van der Waals surface area contributed by atoms with Crippen molar-refractivity contribution in [1.82, 2.24) is 10.6 Å². The highest BCUT2D eigenvalue weighted by atomic mass is 32.2. The highest BCUT2D eigenvalue weighted by Crippen LogP contribution is 2.26.